The van der Waals surface area contributed by atoms with Crippen LogP contribution in [-0.4, -0.2) is 10.2 Å². The molecule has 3 aromatic carbocycles. The van der Waals surface area contributed by atoms with Gasteiger partial charge in [0.25, 0.3) is 0 Å². The Bertz CT molecular complexity index is 983. The van der Waals surface area contributed by atoms with Gasteiger partial charge in [0, 0.05) is 21.9 Å². The van der Waals surface area contributed by atoms with Crippen molar-refractivity contribution >= 4 is 11.8 Å². The summed E-state index contributed by atoms with van der Waals surface area (Å²) in [6, 6.07) is 23.1. The summed E-state index contributed by atoms with van der Waals surface area (Å²) in [4.78, 5) is 2.47. The molecule has 0 radical (unpaired) electrons. The van der Waals surface area contributed by atoms with Gasteiger partial charge < -0.3 is 15.5 Å². The van der Waals surface area contributed by atoms with Crippen molar-refractivity contribution in [2.45, 2.75) is 41.1 Å². The Balaban J connectivity index is 1.39. The summed E-state index contributed by atoms with van der Waals surface area (Å²) >= 11 is 1.77. The van der Waals surface area contributed by atoms with Gasteiger partial charge in [0.05, 0.1) is 0 Å². The molecule has 0 saturated heterocycles. The van der Waals surface area contributed by atoms with E-state index in [-0.39, 0.29) is 23.6 Å². The predicted octanol–water partition coefficient (Wildman–Crippen LogP) is 5.59. The summed E-state index contributed by atoms with van der Waals surface area (Å²) in [6.07, 6.45) is 3.26. The van der Waals surface area contributed by atoms with E-state index in [0.29, 0.717) is 5.92 Å². The molecular weight excluding hydrogens is 366 g/mol. The Morgan fingerprint density at radius 1 is 0.821 bits per heavy atom. The molecule has 0 aromatic heterocycles. The Kier molecular flexibility index (Phi) is 4.53. The van der Waals surface area contributed by atoms with E-state index in [2.05, 4.69) is 53.8 Å². The van der Waals surface area contributed by atoms with Crippen LogP contribution in [0.3, 0.4) is 0 Å². The molecule has 142 valence electrons. The Morgan fingerprint density at radius 3 is 2.21 bits per heavy atom. The molecule has 1 fully saturated rings. The lowest BCUT2D eigenvalue weighted by Gasteiger charge is -2.34. The normalized spacial score (nSPS) is 21.3. The lowest BCUT2D eigenvalue weighted by molar-refractivity contribution is 0.367. The molecule has 3 aromatic rings. The number of nitrogens with one attached hydrogen (secondary N) is 1. The maximum Gasteiger partial charge on any atom is 0.157 e. The zero-order valence-corrected chi connectivity index (χ0v) is 16.3. The van der Waals surface area contributed by atoms with E-state index in [0.717, 1.165) is 17.5 Å². The lowest BCUT2D eigenvalue weighted by atomic mass is 9.85. The highest BCUT2D eigenvalue weighted by Gasteiger charge is 2.38. The third-order valence-corrected chi connectivity index (χ3v) is 6.75. The van der Waals surface area contributed by atoms with E-state index in [4.69, 9.17) is 0 Å². The first-order valence-corrected chi connectivity index (χ1v) is 10.6. The summed E-state index contributed by atoms with van der Waals surface area (Å²) in [5.74, 6) is 0.578. The zero-order chi connectivity index (χ0) is 19.1. The van der Waals surface area contributed by atoms with Crippen LogP contribution in [0.5, 0.6) is 11.5 Å². The van der Waals surface area contributed by atoms with E-state index >= 15 is 0 Å². The van der Waals surface area contributed by atoms with Crippen LogP contribution < -0.4 is 5.32 Å². The quantitative estimate of drug-likeness (QED) is 0.509. The smallest absolute Gasteiger partial charge is 0.157 e. The maximum atomic E-state index is 9.98. The van der Waals surface area contributed by atoms with Crippen LogP contribution in [0.2, 0.25) is 0 Å². The number of hydrogen-bond acceptors (Lipinski definition) is 4. The highest BCUT2D eigenvalue weighted by molar-refractivity contribution is 7.99. The molecule has 1 aliphatic carbocycles. The molecule has 0 bridgehead atoms. The highest BCUT2D eigenvalue weighted by atomic mass is 32.2. The standard InChI is InChI=1S/C24H23NO2S/c26-22-13-17-12-21(25-24(16-6-7-16)20(17)14-23(22)27)15-8-10-19(11-9-15)28-18-4-2-1-3-5-18/h1-5,8-11,13-14,16,21,24-27H,6-7,12H2. The minimum atomic E-state index is -0.0245. The van der Waals surface area contributed by atoms with Gasteiger partial charge in [-0.15, -0.1) is 0 Å². The molecule has 2 aliphatic rings. The molecule has 4 heteroatoms. The van der Waals surface area contributed by atoms with Crippen LogP contribution in [0.25, 0.3) is 0 Å². The first-order valence-electron chi connectivity index (χ1n) is 9.81. The van der Waals surface area contributed by atoms with Crippen LogP contribution in [-0.2, 0) is 6.42 Å². The van der Waals surface area contributed by atoms with Crippen molar-refractivity contribution in [2.75, 3.05) is 0 Å². The van der Waals surface area contributed by atoms with Crippen LogP contribution in [0, 0.1) is 5.92 Å². The Morgan fingerprint density at radius 2 is 1.50 bits per heavy atom. The van der Waals surface area contributed by atoms with Gasteiger partial charge in [0.2, 0.25) is 0 Å². The molecule has 28 heavy (non-hydrogen) atoms. The Labute approximate surface area is 169 Å². The van der Waals surface area contributed by atoms with Gasteiger partial charge >= 0.3 is 0 Å². The van der Waals surface area contributed by atoms with Crippen LogP contribution in [0.1, 0.15) is 41.6 Å². The summed E-state index contributed by atoms with van der Waals surface area (Å²) in [7, 11) is 0. The molecule has 2 unspecified atom stereocenters. The van der Waals surface area contributed by atoms with Crippen LogP contribution >= 0.6 is 11.8 Å². The number of benzene rings is 3. The van der Waals surface area contributed by atoms with Gasteiger partial charge in [-0.05, 0) is 78.3 Å². The largest absolute Gasteiger partial charge is 0.504 e. The van der Waals surface area contributed by atoms with Gasteiger partial charge in [-0.3, -0.25) is 0 Å². The monoisotopic (exact) mass is 389 g/mol. The summed E-state index contributed by atoms with van der Waals surface area (Å²) in [6.45, 7) is 0. The fraction of sp³-hybridized carbons (Fsp3) is 0.250. The first kappa shape index (κ1) is 17.7. The van der Waals surface area contributed by atoms with Crippen LogP contribution in [0.4, 0.5) is 0 Å². The number of aromatic hydroxyl groups is 2. The van der Waals surface area contributed by atoms with E-state index in [1.54, 1.807) is 23.9 Å². The lowest BCUT2D eigenvalue weighted by Crippen LogP contribution is -2.34. The van der Waals surface area contributed by atoms with E-state index in [1.165, 1.54) is 28.2 Å². The van der Waals surface area contributed by atoms with Crippen molar-refractivity contribution in [2.24, 2.45) is 5.92 Å². The molecule has 1 saturated carbocycles. The van der Waals surface area contributed by atoms with Crippen molar-refractivity contribution < 1.29 is 10.2 Å². The number of hydrogen-bond donors (Lipinski definition) is 3. The second-order valence-electron chi connectivity index (χ2n) is 7.76. The number of phenols is 2. The molecule has 5 rings (SSSR count). The van der Waals surface area contributed by atoms with Gasteiger partial charge in [-0.2, -0.15) is 0 Å². The summed E-state index contributed by atoms with van der Waals surface area (Å²) in [5, 5.41) is 23.7. The van der Waals surface area contributed by atoms with Gasteiger partial charge in [0.1, 0.15) is 0 Å². The topological polar surface area (TPSA) is 52.5 Å². The Hall–Kier alpha value is -2.43. The summed E-state index contributed by atoms with van der Waals surface area (Å²) < 4.78 is 0. The van der Waals surface area contributed by atoms with Gasteiger partial charge in [0.15, 0.2) is 11.5 Å². The zero-order valence-electron chi connectivity index (χ0n) is 15.5. The van der Waals surface area contributed by atoms with Crippen molar-refractivity contribution in [1.29, 1.82) is 0 Å². The molecule has 0 spiro atoms. The maximum absolute atomic E-state index is 9.98. The second kappa shape index (κ2) is 7.19. The average molecular weight is 390 g/mol. The molecule has 0 amide bonds. The minimum Gasteiger partial charge on any atom is -0.504 e. The third-order valence-electron chi connectivity index (χ3n) is 5.73. The van der Waals surface area contributed by atoms with Crippen molar-refractivity contribution in [1.82, 2.24) is 5.32 Å². The van der Waals surface area contributed by atoms with Crippen molar-refractivity contribution in [3.63, 3.8) is 0 Å². The SMILES string of the molecule is Oc1cc2c(cc1O)C(C1CC1)NC(c1ccc(Sc3ccccc3)cc1)C2. The van der Waals surface area contributed by atoms with E-state index in [9.17, 15) is 10.2 Å². The fourth-order valence-electron chi connectivity index (χ4n) is 4.11. The number of fused-ring (bicyclic) bond motifs is 1. The first-order chi connectivity index (χ1) is 13.7. The highest BCUT2D eigenvalue weighted by Crippen LogP contribution is 2.48. The molecule has 1 aliphatic heterocycles. The fourth-order valence-corrected chi connectivity index (χ4v) is 4.95. The van der Waals surface area contributed by atoms with Gasteiger partial charge in [-0.25, -0.2) is 0 Å². The molecule has 3 nitrogen and oxygen atoms in total. The molecule has 2 atom stereocenters. The molecular formula is C24H23NO2S. The average Bonchev–Trinajstić information content (AvgIpc) is 3.55. The summed E-state index contributed by atoms with van der Waals surface area (Å²) in [5.41, 5.74) is 3.55. The minimum absolute atomic E-state index is 0.0214. The van der Waals surface area contributed by atoms with Crippen molar-refractivity contribution in [3.8, 4) is 11.5 Å². The van der Waals surface area contributed by atoms with Crippen LogP contribution in [0.15, 0.2) is 76.5 Å². The second-order valence-corrected chi connectivity index (χ2v) is 8.91. The number of rotatable bonds is 4. The van der Waals surface area contributed by atoms with Gasteiger partial charge in [-0.1, -0.05) is 42.1 Å². The predicted molar refractivity (Wildman–Crippen MR) is 112 cm³/mol. The molecule has 1 heterocycles. The third kappa shape index (κ3) is 3.50. The van der Waals surface area contributed by atoms with E-state index in [1.807, 2.05) is 6.07 Å². The van der Waals surface area contributed by atoms with E-state index < -0.39 is 0 Å². The number of phenolic OH excluding ortho intramolecular Hbond substituents is 2. The molecule has 3 N–H and O–H groups in total. The van der Waals surface area contributed by atoms with Crippen molar-refractivity contribution in [3.05, 3.63) is 83.4 Å².